The lowest BCUT2D eigenvalue weighted by Crippen LogP contribution is -2.11. The molecule has 0 bridgehead atoms. The Morgan fingerprint density at radius 2 is 1.17 bits per heavy atom. The van der Waals surface area contributed by atoms with Gasteiger partial charge in [-0.2, -0.15) is 0 Å². The highest BCUT2D eigenvalue weighted by atomic mass is 19.2. The molecule has 0 heterocycles. The van der Waals surface area contributed by atoms with Gasteiger partial charge in [-0.25, -0.2) is 17.6 Å². The average molecular weight is 330 g/mol. The molecule has 0 fully saturated rings. The van der Waals surface area contributed by atoms with Crippen molar-refractivity contribution in [2.75, 3.05) is 0 Å². The molecule has 1 nitrogen and oxygen atoms in total. The minimum Gasteiger partial charge on any atom is -0.288 e. The van der Waals surface area contributed by atoms with Crippen LogP contribution in [0.3, 0.4) is 0 Å². The summed E-state index contributed by atoms with van der Waals surface area (Å²) in [6.07, 6.45) is 0. The first kappa shape index (κ1) is 15.9. The van der Waals surface area contributed by atoms with Crippen molar-refractivity contribution in [3.8, 4) is 11.1 Å². The Hall–Kier alpha value is -2.95. The molecule has 3 aromatic rings. The van der Waals surface area contributed by atoms with E-state index < -0.39 is 34.6 Å². The molecule has 3 aromatic carbocycles. The molecule has 0 saturated carbocycles. The van der Waals surface area contributed by atoms with Gasteiger partial charge in [-0.3, -0.25) is 4.79 Å². The number of benzene rings is 3. The number of carbonyl (C=O) groups excluding carboxylic acids is 1. The van der Waals surface area contributed by atoms with E-state index in [1.54, 1.807) is 12.1 Å². The van der Waals surface area contributed by atoms with Crippen LogP contribution < -0.4 is 0 Å². The molecular formula is C19H10F4O. The van der Waals surface area contributed by atoms with Gasteiger partial charge in [0.1, 0.15) is 5.56 Å². The monoisotopic (exact) mass is 330 g/mol. The third-order valence-corrected chi connectivity index (χ3v) is 3.59. The van der Waals surface area contributed by atoms with E-state index in [9.17, 15) is 22.4 Å². The summed E-state index contributed by atoms with van der Waals surface area (Å²) in [5, 5.41) is 0. The second-order valence-electron chi connectivity index (χ2n) is 5.12. The zero-order chi connectivity index (χ0) is 17.3. The number of hydrogen-bond donors (Lipinski definition) is 0. The van der Waals surface area contributed by atoms with Gasteiger partial charge in [0.25, 0.3) is 0 Å². The largest absolute Gasteiger partial charge is 0.288 e. The first-order valence-corrected chi connectivity index (χ1v) is 7.02. The molecule has 0 aromatic heterocycles. The van der Waals surface area contributed by atoms with E-state index in [4.69, 9.17) is 0 Å². The van der Waals surface area contributed by atoms with Crippen molar-refractivity contribution in [2.24, 2.45) is 0 Å². The standard InChI is InChI=1S/C19H10F4O/c20-14-10-15(21)18(23)16(17(14)22)19(24)13-8-6-12(7-9-13)11-4-2-1-3-5-11/h1-10H. The Morgan fingerprint density at radius 1 is 0.667 bits per heavy atom. The maximum Gasteiger partial charge on any atom is 0.199 e. The predicted octanol–water partition coefficient (Wildman–Crippen LogP) is 5.14. The third-order valence-electron chi connectivity index (χ3n) is 3.59. The maximum atomic E-state index is 13.7. The van der Waals surface area contributed by atoms with Crippen LogP contribution in [0.5, 0.6) is 0 Å². The fourth-order valence-corrected chi connectivity index (χ4v) is 2.36. The van der Waals surface area contributed by atoms with Gasteiger partial charge in [0.05, 0.1) is 0 Å². The fraction of sp³-hybridized carbons (Fsp3) is 0. The van der Waals surface area contributed by atoms with Crippen LogP contribution in [0, 0.1) is 23.3 Å². The Balaban J connectivity index is 2.00. The quantitative estimate of drug-likeness (QED) is 0.369. The minimum atomic E-state index is -1.70. The highest BCUT2D eigenvalue weighted by Crippen LogP contribution is 2.24. The highest BCUT2D eigenvalue weighted by molar-refractivity contribution is 6.09. The van der Waals surface area contributed by atoms with Crippen molar-refractivity contribution in [3.63, 3.8) is 0 Å². The van der Waals surface area contributed by atoms with E-state index in [1.165, 1.54) is 12.1 Å². The summed E-state index contributed by atoms with van der Waals surface area (Å²) in [6, 6.07) is 15.2. The molecule has 5 heteroatoms. The molecule has 0 saturated heterocycles. The normalized spacial score (nSPS) is 10.7. The van der Waals surface area contributed by atoms with E-state index in [1.807, 2.05) is 30.3 Å². The minimum absolute atomic E-state index is 0.0694. The zero-order valence-electron chi connectivity index (χ0n) is 12.2. The Bertz CT molecular complexity index is 877. The molecule has 0 aliphatic heterocycles. The maximum absolute atomic E-state index is 13.7. The van der Waals surface area contributed by atoms with E-state index >= 15 is 0 Å². The molecule has 0 amide bonds. The first-order valence-electron chi connectivity index (χ1n) is 7.02. The summed E-state index contributed by atoms with van der Waals surface area (Å²) in [6.45, 7) is 0. The topological polar surface area (TPSA) is 17.1 Å². The van der Waals surface area contributed by atoms with Crippen molar-refractivity contribution in [2.45, 2.75) is 0 Å². The Labute approximate surface area is 135 Å². The van der Waals surface area contributed by atoms with Gasteiger partial charge in [0, 0.05) is 11.6 Å². The van der Waals surface area contributed by atoms with E-state index in [0.29, 0.717) is 0 Å². The van der Waals surface area contributed by atoms with E-state index in [2.05, 4.69) is 0 Å². The molecule has 24 heavy (non-hydrogen) atoms. The van der Waals surface area contributed by atoms with Crippen LogP contribution in [0.25, 0.3) is 11.1 Å². The lowest BCUT2D eigenvalue weighted by molar-refractivity contribution is 0.102. The molecule has 3 rings (SSSR count). The van der Waals surface area contributed by atoms with Gasteiger partial charge in [-0.15, -0.1) is 0 Å². The van der Waals surface area contributed by atoms with Crippen molar-refractivity contribution < 1.29 is 22.4 Å². The summed E-state index contributed by atoms with van der Waals surface area (Å²) in [7, 11) is 0. The number of hydrogen-bond acceptors (Lipinski definition) is 1. The van der Waals surface area contributed by atoms with Gasteiger partial charge < -0.3 is 0 Å². The molecule has 0 unspecified atom stereocenters. The third kappa shape index (κ3) is 2.80. The smallest absolute Gasteiger partial charge is 0.199 e. The molecular weight excluding hydrogens is 320 g/mol. The lowest BCUT2D eigenvalue weighted by Gasteiger charge is -2.07. The predicted molar refractivity (Wildman–Crippen MR) is 81.6 cm³/mol. The zero-order valence-corrected chi connectivity index (χ0v) is 12.2. The van der Waals surface area contributed by atoms with Crippen molar-refractivity contribution in [3.05, 3.63) is 95.1 Å². The van der Waals surface area contributed by atoms with Crippen LogP contribution in [-0.4, -0.2) is 5.78 Å². The fourth-order valence-electron chi connectivity index (χ4n) is 2.36. The van der Waals surface area contributed by atoms with Crippen LogP contribution in [0.1, 0.15) is 15.9 Å². The van der Waals surface area contributed by atoms with Crippen molar-refractivity contribution >= 4 is 5.78 Å². The number of carbonyl (C=O) groups is 1. The summed E-state index contributed by atoms with van der Waals surface area (Å²) < 4.78 is 53.9. The summed E-state index contributed by atoms with van der Waals surface area (Å²) in [5.74, 6) is -7.75. The average Bonchev–Trinajstić information content (AvgIpc) is 2.61. The van der Waals surface area contributed by atoms with Crippen LogP contribution >= 0.6 is 0 Å². The molecule has 0 aliphatic rings. The summed E-state index contributed by atoms with van der Waals surface area (Å²) >= 11 is 0. The number of rotatable bonds is 3. The van der Waals surface area contributed by atoms with Crippen LogP contribution in [0.2, 0.25) is 0 Å². The van der Waals surface area contributed by atoms with E-state index in [0.717, 1.165) is 11.1 Å². The van der Waals surface area contributed by atoms with Gasteiger partial charge in [0.2, 0.25) is 0 Å². The number of halogens is 4. The van der Waals surface area contributed by atoms with Crippen LogP contribution in [0.15, 0.2) is 60.7 Å². The van der Waals surface area contributed by atoms with Gasteiger partial charge in [-0.05, 0) is 11.1 Å². The van der Waals surface area contributed by atoms with E-state index in [-0.39, 0.29) is 11.6 Å². The summed E-state index contributed by atoms with van der Waals surface area (Å²) in [5.41, 5.74) is 0.376. The Morgan fingerprint density at radius 3 is 1.71 bits per heavy atom. The first-order chi connectivity index (χ1) is 11.5. The number of ketones is 1. The van der Waals surface area contributed by atoms with Crippen LogP contribution in [0.4, 0.5) is 17.6 Å². The summed E-state index contributed by atoms with van der Waals surface area (Å²) in [4.78, 5) is 12.2. The molecule has 0 radical (unpaired) electrons. The molecule has 0 aliphatic carbocycles. The van der Waals surface area contributed by atoms with Crippen LogP contribution in [-0.2, 0) is 0 Å². The van der Waals surface area contributed by atoms with Crippen molar-refractivity contribution in [1.29, 1.82) is 0 Å². The molecule has 0 N–H and O–H groups in total. The van der Waals surface area contributed by atoms with Gasteiger partial charge in [-0.1, -0.05) is 54.6 Å². The Kier molecular flexibility index (Phi) is 4.16. The van der Waals surface area contributed by atoms with Gasteiger partial charge in [0.15, 0.2) is 29.1 Å². The molecule has 120 valence electrons. The second-order valence-corrected chi connectivity index (χ2v) is 5.12. The lowest BCUT2D eigenvalue weighted by atomic mass is 9.98. The SMILES string of the molecule is O=C(c1ccc(-c2ccccc2)cc1)c1c(F)c(F)cc(F)c1F. The second kappa shape index (κ2) is 6.28. The molecule has 0 atom stereocenters. The molecule has 0 spiro atoms. The van der Waals surface area contributed by atoms with Gasteiger partial charge >= 0.3 is 0 Å². The highest BCUT2D eigenvalue weighted by Gasteiger charge is 2.25. The van der Waals surface area contributed by atoms with Crippen molar-refractivity contribution in [1.82, 2.24) is 0 Å².